The first-order chi connectivity index (χ1) is 9.54. The van der Waals surface area contributed by atoms with Gasteiger partial charge in [0.15, 0.2) is 0 Å². The van der Waals surface area contributed by atoms with Crippen LogP contribution >= 0.6 is 0 Å². The van der Waals surface area contributed by atoms with Gasteiger partial charge in [-0.3, -0.25) is 4.98 Å². The molecule has 1 atom stereocenters. The van der Waals surface area contributed by atoms with Crippen molar-refractivity contribution < 1.29 is 8.78 Å². The van der Waals surface area contributed by atoms with E-state index in [0.29, 0.717) is 6.42 Å². The minimum atomic E-state index is -0.348. The van der Waals surface area contributed by atoms with Crippen LogP contribution in [0.3, 0.4) is 0 Å². The highest BCUT2D eigenvalue weighted by molar-refractivity contribution is 5.20. The molecule has 0 saturated heterocycles. The SMILES string of the molecule is CC(C)NC(Cc1ccc(F)cc1)c1ccc(F)cn1. The molecule has 0 aliphatic heterocycles. The maximum Gasteiger partial charge on any atom is 0.141 e. The van der Waals surface area contributed by atoms with Crippen LogP contribution in [0, 0.1) is 11.6 Å². The van der Waals surface area contributed by atoms with Crippen molar-refractivity contribution in [2.45, 2.75) is 32.4 Å². The highest BCUT2D eigenvalue weighted by atomic mass is 19.1. The van der Waals surface area contributed by atoms with Gasteiger partial charge in [0.1, 0.15) is 11.6 Å². The van der Waals surface area contributed by atoms with E-state index in [0.717, 1.165) is 11.3 Å². The number of nitrogens with zero attached hydrogens (tertiary/aromatic N) is 1. The first-order valence-electron chi connectivity index (χ1n) is 6.66. The summed E-state index contributed by atoms with van der Waals surface area (Å²) < 4.78 is 25.9. The Labute approximate surface area is 117 Å². The third kappa shape index (κ3) is 4.10. The van der Waals surface area contributed by atoms with Gasteiger partial charge >= 0.3 is 0 Å². The monoisotopic (exact) mass is 276 g/mol. The fraction of sp³-hybridized carbons (Fsp3) is 0.312. The highest BCUT2D eigenvalue weighted by Crippen LogP contribution is 2.18. The number of benzene rings is 1. The Morgan fingerprint density at radius 3 is 2.20 bits per heavy atom. The van der Waals surface area contributed by atoms with E-state index in [1.165, 1.54) is 24.4 Å². The summed E-state index contributed by atoms with van der Waals surface area (Å²) in [5.41, 5.74) is 1.79. The minimum Gasteiger partial charge on any atom is -0.306 e. The molecule has 1 heterocycles. The predicted molar refractivity (Wildman–Crippen MR) is 75.3 cm³/mol. The van der Waals surface area contributed by atoms with Crippen molar-refractivity contribution >= 4 is 0 Å². The molecule has 2 nitrogen and oxygen atoms in total. The van der Waals surface area contributed by atoms with Crippen LogP contribution in [-0.2, 0) is 6.42 Å². The summed E-state index contributed by atoms with van der Waals surface area (Å²) in [6.07, 6.45) is 1.89. The Kier molecular flexibility index (Phi) is 4.79. The fourth-order valence-corrected chi connectivity index (χ4v) is 2.10. The lowest BCUT2D eigenvalue weighted by atomic mass is 10.0. The lowest BCUT2D eigenvalue weighted by molar-refractivity contribution is 0.464. The quantitative estimate of drug-likeness (QED) is 0.901. The molecule has 0 radical (unpaired) electrons. The number of nitrogens with one attached hydrogen (secondary N) is 1. The predicted octanol–water partition coefficient (Wildman–Crippen LogP) is 3.64. The van der Waals surface area contributed by atoms with E-state index < -0.39 is 0 Å². The van der Waals surface area contributed by atoms with E-state index in [1.807, 2.05) is 13.8 Å². The van der Waals surface area contributed by atoms with Crippen molar-refractivity contribution in [2.75, 3.05) is 0 Å². The first-order valence-corrected chi connectivity index (χ1v) is 6.66. The molecule has 1 aromatic carbocycles. The molecule has 2 aromatic rings. The zero-order valence-corrected chi connectivity index (χ0v) is 11.6. The molecule has 20 heavy (non-hydrogen) atoms. The molecule has 0 saturated carbocycles. The molecule has 4 heteroatoms. The van der Waals surface area contributed by atoms with E-state index >= 15 is 0 Å². The maximum atomic E-state index is 13.0. The van der Waals surface area contributed by atoms with Crippen LogP contribution < -0.4 is 5.32 Å². The summed E-state index contributed by atoms with van der Waals surface area (Å²) in [6, 6.07) is 9.73. The Morgan fingerprint density at radius 2 is 1.65 bits per heavy atom. The zero-order valence-electron chi connectivity index (χ0n) is 11.6. The van der Waals surface area contributed by atoms with Crippen molar-refractivity contribution in [1.82, 2.24) is 10.3 Å². The molecule has 1 unspecified atom stereocenters. The number of rotatable bonds is 5. The van der Waals surface area contributed by atoms with Gasteiger partial charge in [0, 0.05) is 6.04 Å². The highest BCUT2D eigenvalue weighted by Gasteiger charge is 2.15. The normalized spacial score (nSPS) is 12.7. The topological polar surface area (TPSA) is 24.9 Å². The van der Waals surface area contributed by atoms with E-state index in [2.05, 4.69) is 10.3 Å². The van der Waals surface area contributed by atoms with Gasteiger partial charge in [0.25, 0.3) is 0 Å². The van der Waals surface area contributed by atoms with Crippen LogP contribution in [0.15, 0.2) is 42.6 Å². The molecular formula is C16H18F2N2. The van der Waals surface area contributed by atoms with Gasteiger partial charge in [-0.25, -0.2) is 8.78 Å². The van der Waals surface area contributed by atoms with E-state index in [-0.39, 0.29) is 23.7 Å². The summed E-state index contributed by atoms with van der Waals surface area (Å²) in [5, 5.41) is 3.40. The summed E-state index contributed by atoms with van der Waals surface area (Å²) in [4.78, 5) is 4.13. The number of halogens is 2. The molecule has 0 aliphatic carbocycles. The third-order valence-electron chi connectivity index (χ3n) is 2.99. The second-order valence-corrected chi connectivity index (χ2v) is 5.11. The fourth-order valence-electron chi connectivity index (χ4n) is 2.10. The van der Waals surface area contributed by atoms with Crippen LogP contribution in [0.25, 0.3) is 0 Å². The number of hydrogen-bond donors (Lipinski definition) is 1. The molecule has 0 aliphatic rings. The van der Waals surface area contributed by atoms with Crippen LogP contribution in [0.2, 0.25) is 0 Å². The summed E-state index contributed by atoms with van der Waals surface area (Å²) >= 11 is 0. The van der Waals surface area contributed by atoms with E-state index in [4.69, 9.17) is 0 Å². The Balaban J connectivity index is 2.18. The standard InChI is InChI=1S/C16H18F2N2/c1-11(2)20-16(15-8-7-14(18)10-19-15)9-12-3-5-13(17)6-4-12/h3-8,10-11,16,20H,9H2,1-2H3. The average molecular weight is 276 g/mol. The van der Waals surface area contributed by atoms with Gasteiger partial charge in [0.2, 0.25) is 0 Å². The van der Waals surface area contributed by atoms with Crippen molar-refractivity contribution in [3.8, 4) is 0 Å². The van der Waals surface area contributed by atoms with Crippen molar-refractivity contribution in [1.29, 1.82) is 0 Å². The molecule has 0 bridgehead atoms. The molecule has 106 valence electrons. The Hall–Kier alpha value is -1.81. The second-order valence-electron chi connectivity index (χ2n) is 5.11. The Morgan fingerprint density at radius 1 is 1.00 bits per heavy atom. The van der Waals surface area contributed by atoms with Gasteiger partial charge in [-0.1, -0.05) is 26.0 Å². The maximum absolute atomic E-state index is 13.0. The largest absolute Gasteiger partial charge is 0.306 e. The van der Waals surface area contributed by atoms with E-state index in [9.17, 15) is 8.78 Å². The van der Waals surface area contributed by atoms with E-state index in [1.54, 1.807) is 18.2 Å². The first kappa shape index (κ1) is 14.6. The lowest BCUT2D eigenvalue weighted by Crippen LogP contribution is -2.30. The molecule has 0 fully saturated rings. The lowest BCUT2D eigenvalue weighted by Gasteiger charge is -2.21. The van der Waals surface area contributed by atoms with Crippen LogP contribution in [0.5, 0.6) is 0 Å². The van der Waals surface area contributed by atoms with Crippen molar-refractivity contribution in [3.05, 3.63) is 65.5 Å². The summed E-state index contributed by atoms with van der Waals surface area (Å²) in [6.45, 7) is 4.09. The molecular weight excluding hydrogens is 258 g/mol. The number of hydrogen-bond acceptors (Lipinski definition) is 2. The van der Waals surface area contributed by atoms with Gasteiger partial charge < -0.3 is 5.32 Å². The second kappa shape index (κ2) is 6.57. The minimum absolute atomic E-state index is 0.0268. The molecule has 0 spiro atoms. The smallest absolute Gasteiger partial charge is 0.141 e. The van der Waals surface area contributed by atoms with Crippen LogP contribution in [0.1, 0.15) is 31.1 Å². The third-order valence-corrected chi connectivity index (χ3v) is 2.99. The number of pyridine rings is 1. The van der Waals surface area contributed by atoms with Gasteiger partial charge in [-0.15, -0.1) is 0 Å². The molecule has 1 aromatic heterocycles. The van der Waals surface area contributed by atoms with Gasteiger partial charge in [-0.05, 0) is 36.2 Å². The number of aromatic nitrogens is 1. The summed E-state index contributed by atoms with van der Waals surface area (Å²) in [5.74, 6) is -0.596. The summed E-state index contributed by atoms with van der Waals surface area (Å²) in [7, 11) is 0. The van der Waals surface area contributed by atoms with Crippen molar-refractivity contribution in [2.24, 2.45) is 0 Å². The van der Waals surface area contributed by atoms with Crippen LogP contribution in [0.4, 0.5) is 8.78 Å². The van der Waals surface area contributed by atoms with Crippen LogP contribution in [-0.4, -0.2) is 11.0 Å². The molecule has 1 N–H and O–H groups in total. The van der Waals surface area contributed by atoms with Crippen molar-refractivity contribution in [3.63, 3.8) is 0 Å². The average Bonchev–Trinajstić information content (AvgIpc) is 2.41. The van der Waals surface area contributed by atoms with Gasteiger partial charge in [0.05, 0.1) is 17.9 Å². The van der Waals surface area contributed by atoms with Gasteiger partial charge in [-0.2, -0.15) is 0 Å². The zero-order chi connectivity index (χ0) is 14.5. The Bertz CT molecular complexity index is 535. The molecule has 2 rings (SSSR count). The molecule has 0 amide bonds.